The predicted octanol–water partition coefficient (Wildman–Crippen LogP) is 0.273. The van der Waals surface area contributed by atoms with Gasteiger partial charge in [-0.15, -0.1) is 0 Å². The average Bonchev–Trinajstić information content (AvgIpc) is 2.83. The minimum Gasteiger partial charge on any atom is -1.00 e. The lowest BCUT2D eigenvalue weighted by Gasteiger charge is -2.09. The number of nitrogens with zero attached hydrogens (tertiary/aromatic N) is 2. The molecule has 0 N–H and O–H groups in total. The van der Waals surface area contributed by atoms with Crippen LogP contribution in [0.25, 0.3) is 0 Å². The summed E-state index contributed by atoms with van der Waals surface area (Å²) in [7, 11) is 0. The first-order valence-corrected chi connectivity index (χ1v) is 6.35. The van der Waals surface area contributed by atoms with Crippen LogP contribution in [0.5, 0.6) is 0 Å². The topological polar surface area (TPSA) is 6.25 Å². The van der Waals surface area contributed by atoms with E-state index in [-0.39, 0.29) is 24.0 Å². The highest BCUT2D eigenvalue weighted by Crippen LogP contribution is 2.21. The fourth-order valence-corrected chi connectivity index (χ4v) is 2.52. The largest absolute Gasteiger partial charge is 1.00 e. The average molecular weight is 364 g/mol. The standard InChI is InChI=1S/C16H17N2.HI/c1-14-17(15-8-4-2-5-9-15)12-13-18(14)16-10-6-3-7-11-16;/h2-11H,12-13H2,1H3;1H/q+1;/p-1. The molecule has 1 heterocycles. The Bertz CT molecular complexity index is 564. The van der Waals surface area contributed by atoms with Gasteiger partial charge in [0.25, 0.3) is 5.84 Å². The summed E-state index contributed by atoms with van der Waals surface area (Å²) in [6.07, 6.45) is 0. The van der Waals surface area contributed by atoms with E-state index in [4.69, 9.17) is 0 Å². The van der Waals surface area contributed by atoms with Crippen molar-refractivity contribution in [3.63, 3.8) is 0 Å². The molecular formula is C16H17IN2. The molecule has 19 heavy (non-hydrogen) atoms. The maximum Gasteiger partial charge on any atom is 0.254 e. The number of hydrogen-bond acceptors (Lipinski definition) is 1. The van der Waals surface area contributed by atoms with Crippen molar-refractivity contribution in [1.82, 2.24) is 0 Å². The minimum atomic E-state index is 0. The Morgan fingerprint density at radius 1 is 0.895 bits per heavy atom. The van der Waals surface area contributed by atoms with Crippen molar-refractivity contribution in [2.45, 2.75) is 6.92 Å². The van der Waals surface area contributed by atoms with Crippen molar-refractivity contribution in [1.29, 1.82) is 0 Å². The molecule has 0 fully saturated rings. The lowest BCUT2D eigenvalue weighted by molar-refractivity contribution is -0.429. The first-order valence-electron chi connectivity index (χ1n) is 6.35. The molecule has 0 spiro atoms. The number of para-hydroxylation sites is 2. The number of amidine groups is 1. The number of rotatable bonds is 2. The Balaban J connectivity index is 0.00000133. The van der Waals surface area contributed by atoms with Gasteiger partial charge in [0.1, 0.15) is 24.5 Å². The molecule has 2 aromatic carbocycles. The minimum absolute atomic E-state index is 0. The summed E-state index contributed by atoms with van der Waals surface area (Å²) >= 11 is 0. The quantitative estimate of drug-likeness (QED) is 0.548. The van der Waals surface area contributed by atoms with E-state index in [0.29, 0.717) is 0 Å². The monoisotopic (exact) mass is 364 g/mol. The highest BCUT2D eigenvalue weighted by atomic mass is 127. The lowest BCUT2D eigenvalue weighted by atomic mass is 10.3. The van der Waals surface area contributed by atoms with Crippen LogP contribution in [0.3, 0.4) is 0 Å². The summed E-state index contributed by atoms with van der Waals surface area (Å²) in [5.41, 5.74) is 2.54. The van der Waals surface area contributed by atoms with E-state index in [9.17, 15) is 0 Å². The van der Waals surface area contributed by atoms with Crippen molar-refractivity contribution in [3.8, 4) is 0 Å². The van der Waals surface area contributed by atoms with E-state index < -0.39 is 0 Å². The van der Waals surface area contributed by atoms with E-state index in [0.717, 1.165) is 13.1 Å². The van der Waals surface area contributed by atoms with Crippen LogP contribution in [0.15, 0.2) is 60.7 Å². The Morgan fingerprint density at radius 3 is 2.11 bits per heavy atom. The van der Waals surface area contributed by atoms with Crippen LogP contribution in [0.4, 0.5) is 11.4 Å². The molecule has 1 aliphatic heterocycles. The summed E-state index contributed by atoms with van der Waals surface area (Å²) < 4.78 is 2.37. The molecule has 2 nitrogen and oxygen atoms in total. The second kappa shape index (κ2) is 6.19. The van der Waals surface area contributed by atoms with Crippen LogP contribution >= 0.6 is 0 Å². The van der Waals surface area contributed by atoms with Crippen LogP contribution < -0.4 is 28.9 Å². The summed E-state index contributed by atoms with van der Waals surface area (Å²) in [5.74, 6) is 1.30. The zero-order valence-electron chi connectivity index (χ0n) is 11.0. The molecule has 0 aliphatic carbocycles. The Hall–Kier alpha value is -1.36. The molecule has 0 amide bonds. The summed E-state index contributed by atoms with van der Waals surface area (Å²) in [5, 5.41) is 0. The molecule has 0 atom stereocenters. The fourth-order valence-electron chi connectivity index (χ4n) is 2.52. The summed E-state index contributed by atoms with van der Waals surface area (Å²) in [6.45, 7) is 4.28. The number of anilines is 1. The number of hydrogen-bond donors (Lipinski definition) is 0. The van der Waals surface area contributed by atoms with Gasteiger partial charge < -0.3 is 24.0 Å². The zero-order chi connectivity index (χ0) is 12.4. The molecule has 2 aromatic rings. The first kappa shape index (κ1) is 14.1. The highest BCUT2D eigenvalue weighted by Gasteiger charge is 2.28. The van der Waals surface area contributed by atoms with Crippen LogP contribution in [-0.4, -0.2) is 23.5 Å². The SMILES string of the molecule is CC1=[N+](c2ccccc2)CCN1c1ccccc1.[I-]. The Kier molecular flexibility index (Phi) is 4.58. The van der Waals surface area contributed by atoms with Crippen LogP contribution in [0, 0.1) is 0 Å². The molecule has 0 aromatic heterocycles. The van der Waals surface area contributed by atoms with E-state index in [1.807, 2.05) is 0 Å². The van der Waals surface area contributed by atoms with Crippen molar-refractivity contribution in [2.75, 3.05) is 18.0 Å². The van der Waals surface area contributed by atoms with Crippen molar-refractivity contribution in [2.24, 2.45) is 0 Å². The smallest absolute Gasteiger partial charge is 0.254 e. The second-order valence-electron chi connectivity index (χ2n) is 4.52. The first-order chi connectivity index (χ1) is 8.86. The number of benzene rings is 2. The van der Waals surface area contributed by atoms with Gasteiger partial charge in [-0.3, -0.25) is 0 Å². The summed E-state index contributed by atoms with van der Waals surface area (Å²) in [6, 6.07) is 21.1. The molecule has 98 valence electrons. The molecule has 0 saturated heterocycles. The van der Waals surface area contributed by atoms with Gasteiger partial charge in [0.15, 0.2) is 0 Å². The normalized spacial score (nSPS) is 14.5. The molecule has 0 bridgehead atoms. The van der Waals surface area contributed by atoms with Crippen molar-refractivity contribution < 1.29 is 28.6 Å². The highest BCUT2D eigenvalue weighted by molar-refractivity contribution is 5.94. The molecule has 0 radical (unpaired) electrons. The van der Waals surface area contributed by atoms with Gasteiger partial charge in [-0.2, -0.15) is 0 Å². The lowest BCUT2D eigenvalue weighted by Crippen LogP contribution is -3.00. The molecule has 0 saturated carbocycles. The van der Waals surface area contributed by atoms with Crippen LogP contribution in [0.2, 0.25) is 0 Å². The third kappa shape index (κ3) is 2.81. The predicted molar refractivity (Wildman–Crippen MR) is 75.7 cm³/mol. The third-order valence-electron chi connectivity index (χ3n) is 3.46. The number of halogens is 1. The van der Waals surface area contributed by atoms with Crippen molar-refractivity contribution >= 4 is 17.2 Å². The van der Waals surface area contributed by atoms with E-state index >= 15 is 0 Å². The van der Waals surface area contributed by atoms with Gasteiger partial charge in [0, 0.05) is 6.92 Å². The third-order valence-corrected chi connectivity index (χ3v) is 3.46. The van der Waals surface area contributed by atoms with Crippen LogP contribution in [-0.2, 0) is 0 Å². The Morgan fingerprint density at radius 2 is 1.47 bits per heavy atom. The van der Waals surface area contributed by atoms with Gasteiger partial charge in [0.2, 0.25) is 0 Å². The molecule has 1 aliphatic rings. The zero-order valence-corrected chi connectivity index (χ0v) is 13.1. The molecule has 3 heteroatoms. The van der Waals surface area contributed by atoms with Gasteiger partial charge in [-0.05, 0) is 24.3 Å². The van der Waals surface area contributed by atoms with E-state index in [1.54, 1.807) is 0 Å². The Labute approximate surface area is 131 Å². The van der Waals surface area contributed by atoms with Crippen molar-refractivity contribution in [3.05, 3.63) is 60.7 Å². The second-order valence-corrected chi connectivity index (χ2v) is 4.52. The van der Waals surface area contributed by atoms with Crippen LogP contribution in [0.1, 0.15) is 6.92 Å². The van der Waals surface area contributed by atoms with Gasteiger partial charge in [0.05, 0.1) is 0 Å². The maximum atomic E-state index is 2.37. The fraction of sp³-hybridized carbons (Fsp3) is 0.188. The summed E-state index contributed by atoms with van der Waals surface area (Å²) in [4.78, 5) is 2.37. The van der Waals surface area contributed by atoms with Gasteiger partial charge in [-0.1, -0.05) is 36.4 Å². The maximum absolute atomic E-state index is 2.37. The molecule has 3 rings (SSSR count). The van der Waals surface area contributed by atoms with Gasteiger partial charge >= 0.3 is 0 Å². The van der Waals surface area contributed by atoms with Gasteiger partial charge in [-0.25, -0.2) is 9.48 Å². The molecular weight excluding hydrogens is 347 g/mol. The van der Waals surface area contributed by atoms with E-state index in [1.165, 1.54) is 17.2 Å². The van der Waals surface area contributed by atoms with E-state index in [2.05, 4.69) is 77.1 Å². The molecule has 0 unspecified atom stereocenters.